The molecule has 2 atom stereocenters. The number of sulfone groups is 1. The van der Waals surface area contributed by atoms with Gasteiger partial charge in [0.2, 0.25) is 0 Å². The van der Waals surface area contributed by atoms with Crippen molar-refractivity contribution in [3.63, 3.8) is 0 Å². The van der Waals surface area contributed by atoms with Gasteiger partial charge in [0.1, 0.15) is 15.7 Å². The van der Waals surface area contributed by atoms with E-state index in [1.807, 2.05) is 6.92 Å². The van der Waals surface area contributed by atoms with E-state index < -0.39 is 56.6 Å². The second-order valence-electron chi connectivity index (χ2n) is 11.4. The molecule has 0 spiro atoms. The third-order valence-corrected chi connectivity index (χ3v) is 9.00. The van der Waals surface area contributed by atoms with Gasteiger partial charge in [-0.05, 0) is 66.4 Å². The third-order valence-electron chi connectivity index (χ3n) is 6.84. The van der Waals surface area contributed by atoms with Crippen LogP contribution in [0.2, 0.25) is 0 Å². The molecule has 2 aliphatic heterocycles. The summed E-state index contributed by atoms with van der Waals surface area (Å²) < 4.78 is 66.0. The van der Waals surface area contributed by atoms with Crippen molar-refractivity contribution in [3.05, 3.63) is 23.4 Å². The Kier molecular flexibility index (Phi) is 9.65. The van der Waals surface area contributed by atoms with Crippen LogP contribution >= 0.6 is 12.2 Å². The van der Waals surface area contributed by atoms with Crippen molar-refractivity contribution in [2.45, 2.75) is 90.1 Å². The summed E-state index contributed by atoms with van der Waals surface area (Å²) in [6.45, 7) is 8.92. The summed E-state index contributed by atoms with van der Waals surface area (Å²) in [5, 5.41) is 5.63. The minimum absolute atomic E-state index is 0.00373. The molecule has 0 radical (unpaired) electrons. The van der Waals surface area contributed by atoms with Crippen LogP contribution in [-0.4, -0.2) is 82.4 Å². The molecule has 222 valence electrons. The van der Waals surface area contributed by atoms with E-state index in [0.717, 1.165) is 25.1 Å². The van der Waals surface area contributed by atoms with Crippen LogP contribution in [0.3, 0.4) is 0 Å². The van der Waals surface area contributed by atoms with Crippen LogP contribution in [0.4, 0.5) is 19.0 Å². The molecule has 2 N–H and O–H groups in total. The number of thiocarbonyl (C=S) groups is 1. The maximum Gasteiger partial charge on any atom is 0.417 e. The number of pyridine rings is 1. The van der Waals surface area contributed by atoms with Crippen LogP contribution in [0.5, 0.6) is 0 Å². The van der Waals surface area contributed by atoms with Crippen LogP contribution in [0.15, 0.2) is 17.3 Å². The number of likely N-dealkylation sites (tertiary alicyclic amines) is 1. The minimum atomic E-state index is -4.80. The van der Waals surface area contributed by atoms with Gasteiger partial charge < -0.3 is 15.5 Å². The summed E-state index contributed by atoms with van der Waals surface area (Å²) >= 11 is 5.48. The molecule has 14 heteroatoms. The predicted molar refractivity (Wildman–Crippen MR) is 151 cm³/mol. The number of amides is 2. The summed E-state index contributed by atoms with van der Waals surface area (Å²) in [7, 11) is -3.14. The molecule has 0 saturated carbocycles. The van der Waals surface area contributed by atoms with Crippen molar-refractivity contribution < 1.29 is 31.2 Å². The fourth-order valence-electron chi connectivity index (χ4n) is 4.71. The second-order valence-corrected chi connectivity index (χ2v) is 14.1. The van der Waals surface area contributed by atoms with E-state index in [-0.39, 0.29) is 46.8 Å². The molecule has 2 saturated heterocycles. The molecule has 2 aliphatic rings. The molecule has 0 aromatic carbocycles. The Morgan fingerprint density at radius 2 is 1.80 bits per heavy atom. The number of hydrogen-bond acceptors (Lipinski definition) is 8. The summed E-state index contributed by atoms with van der Waals surface area (Å²) in [5.74, 6) is -1.34. The molecular weight excluding hydrogens is 567 g/mol. The Balaban J connectivity index is 1.97. The van der Waals surface area contributed by atoms with Gasteiger partial charge in [-0.1, -0.05) is 12.2 Å². The molecule has 9 nitrogen and oxygen atoms in total. The first-order chi connectivity index (χ1) is 18.4. The number of aromatic nitrogens is 1. The molecule has 2 amide bonds. The van der Waals surface area contributed by atoms with Gasteiger partial charge >= 0.3 is 6.18 Å². The Morgan fingerprint density at radius 1 is 1.18 bits per heavy atom. The normalized spacial score (nSPS) is 21.1. The van der Waals surface area contributed by atoms with Crippen LogP contribution in [0.1, 0.15) is 71.4 Å². The van der Waals surface area contributed by atoms with Gasteiger partial charge in [0.25, 0.3) is 11.8 Å². The quantitative estimate of drug-likeness (QED) is 0.278. The van der Waals surface area contributed by atoms with Crippen LogP contribution in [-0.2, 0) is 25.6 Å². The Labute approximate surface area is 238 Å². The summed E-state index contributed by atoms with van der Waals surface area (Å²) in [5.41, 5.74) is -2.22. The highest BCUT2D eigenvalue weighted by Crippen LogP contribution is 2.35. The lowest BCUT2D eigenvalue weighted by Crippen LogP contribution is -2.46. The number of alkyl halides is 3. The zero-order chi connectivity index (χ0) is 30.0. The zero-order valence-electron chi connectivity index (χ0n) is 23.3. The van der Waals surface area contributed by atoms with Gasteiger partial charge in [-0.15, -0.1) is 0 Å². The van der Waals surface area contributed by atoms with Gasteiger partial charge in [-0.2, -0.15) is 13.2 Å². The van der Waals surface area contributed by atoms with Gasteiger partial charge in [0.15, 0.2) is 6.04 Å². The molecule has 2 fully saturated rings. The molecule has 0 aliphatic carbocycles. The number of nitrogens with one attached hydrogen (secondary N) is 2. The van der Waals surface area contributed by atoms with Crippen molar-refractivity contribution in [2.75, 3.05) is 23.4 Å². The Hall–Kier alpha value is -2.61. The average Bonchev–Trinajstić information content (AvgIpc) is 3.27. The minimum Gasteiger partial charge on any atom is -0.365 e. The molecule has 0 bridgehead atoms. The number of nitrogens with zero attached hydrogens (tertiary/aromatic N) is 3. The fourth-order valence-corrected chi connectivity index (χ4v) is 6.51. The van der Waals surface area contributed by atoms with Gasteiger partial charge in [-0.3, -0.25) is 14.6 Å². The number of carbonyl (C=O) groups excluding carboxylic acids is 2. The largest absolute Gasteiger partial charge is 0.417 e. The first-order valence-electron chi connectivity index (χ1n) is 13.1. The lowest BCUT2D eigenvalue weighted by Gasteiger charge is -2.27. The third kappa shape index (κ3) is 8.21. The van der Waals surface area contributed by atoms with Crippen molar-refractivity contribution in [1.82, 2.24) is 15.2 Å². The van der Waals surface area contributed by atoms with E-state index >= 15 is 0 Å². The first kappa shape index (κ1) is 31.9. The summed E-state index contributed by atoms with van der Waals surface area (Å²) in [4.78, 5) is 36.1. The topological polar surface area (TPSA) is 121 Å². The molecule has 3 heterocycles. The molecule has 3 rings (SSSR count). The smallest absolute Gasteiger partial charge is 0.365 e. The maximum atomic E-state index is 14.2. The van der Waals surface area contributed by atoms with Gasteiger partial charge in [0.05, 0.1) is 27.6 Å². The lowest BCUT2D eigenvalue weighted by atomic mass is 10.00. The van der Waals surface area contributed by atoms with Crippen molar-refractivity contribution >= 4 is 50.3 Å². The number of carbonyl (C=O) groups is 2. The number of rotatable bonds is 7. The highest BCUT2D eigenvalue weighted by Gasteiger charge is 2.40. The zero-order valence-corrected chi connectivity index (χ0v) is 24.9. The highest BCUT2D eigenvalue weighted by atomic mass is 32.2. The SMILES string of the molecule is CC(=NC(C(=O)N1CCC[C@@H]1C)C(=S)c1cnc(NC(C)(C)C)cc1C(F)(F)F)C(=O)NC1CCS(=O)(=O)CC1. The maximum absolute atomic E-state index is 14.2. The van der Waals surface area contributed by atoms with E-state index in [1.165, 1.54) is 11.8 Å². The van der Waals surface area contributed by atoms with Crippen molar-refractivity contribution in [1.29, 1.82) is 0 Å². The number of aliphatic imine (C=N–C) groups is 1. The summed E-state index contributed by atoms with van der Waals surface area (Å²) in [6.07, 6.45) is -1.89. The average molecular weight is 604 g/mol. The van der Waals surface area contributed by atoms with E-state index in [9.17, 15) is 31.2 Å². The van der Waals surface area contributed by atoms with Crippen LogP contribution < -0.4 is 10.6 Å². The number of hydrogen-bond donors (Lipinski definition) is 2. The van der Waals surface area contributed by atoms with E-state index in [1.54, 1.807) is 20.8 Å². The molecule has 40 heavy (non-hydrogen) atoms. The van der Waals surface area contributed by atoms with Gasteiger partial charge in [0, 0.05) is 35.9 Å². The fraction of sp³-hybridized carbons (Fsp3) is 0.654. The Morgan fingerprint density at radius 3 is 2.33 bits per heavy atom. The van der Waals surface area contributed by atoms with Crippen molar-refractivity contribution in [3.8, 4) is 0 Å². The second kappa shape index (κ2) is 12.1. The monoisotopic (exact) mass is 603 g/mol. The van der Waals surface area contributed by atoms with Gasteiger partial charge in [-0.25, -0.2) is 13.4 Å². The van der Waals surface area contributed by atoms with Crippen LogP contribution in [0.25, 0.3) is 0 Å². The number of anilines is 1. The van der Waals surface area contributed by atoms with Crippen molar-refractivity contribution in [2.24, 2.45) is 4.99 Å². The van der Waals surface area contributed by atoms with E-state index in [2.05, 4.69) is 20.6 Å². The Bertz CT molecular complexity index is 1280. The standard InChI is InChI=1S/C26H36F3N5O4S2/c1-15-7-6-10-34(15)24(36)21(31-16(2)23(35)32-17-8-11-40(37,38)12-9-17)22(39)18-14-30-20(33-25(3,4)5)13-19(18)26(27,28)29/h13-15,17,21H,6-12H2,1-5H3,(H,30,33)(H,32,35)/t15-,21?/m0/s1. The molecule has 1 aromatic rings. The van der Waals surface area contributed by atoms with E-state index in [4.69, 9.17) is 12.2 Å². The first-order valence-corrected chi connectivity index (χ1v) is 15.4. The molecule has 1 unspecified atom stereocenters. The lowest BCUT2D eigenvalue weighted by molar-refractivity contribution is -0.138. The predicted octanol–water partition coefficient (Wildman–Crippen LogP) is 3.56. The van der Waals surface area contributed by atoms with E-state index in [0.29, 0.717) is 6.54 Å². The molecular formula is C26H36F3N5O4S2. The summed E-state index contributed by atoms with van der Waals surface area (Å²) in [6, 6.07) is -1.26. The number of halogens is 3. The molecule has 1 aromatic heterocycles. The van der Waals surface area contributed by atoms with Crippen LogP contribution in [0, 0.1) is 0 Å². The highest BCUT2D eigenvalue weighted by molar-refractivity contribution is 7.91.